The average molecular weight is 250 g/mol. The summed E-state index contributed by atoms with van der Waals surface area (Å²) in [6, 6.07) is -0.658. The van der Waals surface area contributed by atoms with Crippen LogP contribution in [0.25, 0.3) is 0 Å². The Hall–Kier alpha value is -2.18. The van der Waals surface area contributed by atoms with Gasteiger partial charge in [0.2, 0.25) is 11.8 Å². The van der Waals surface area contributed by atoms with Crippen LogP contribution in [0.4, 0.5) is 0 Å². The third kappa shape index (κ3) is 1.87. The molecule has 2 rings (SSSR count). The second-order valence-corrected chi connectivity index (χ2v) is 4.29. The molecule has 1 aromatic heterocycles. The van der Waals surface area contributed by atoms with Crippen molar-refractivity contribution in [3.8, 4) is 0 Å². The molecule has 1 saturated heterocycles. The van der Waals surface area contributed by atoms with Crippen molar-refractivity contribution in [2.75, 3.05) is 6.54 Å². The quantitative estimate of drug-likeness (QED) is 0.662. The molecule has 0 aliphatic carbocycles. The molecule has 7 heteroatoms. The molecule has 7 nitrogen and oxygen atoms in total. The lowest BCUT2D eigenvalue weighted by Gasteiger charge is -2.31. The molecule has 18 heavy (non-hydrogen) atoms. The van der Waals surface area contributed by atoms with Crippen molar-refractivity contribution in [1.29, 1.82) is 0 Å². The van der Waals surface area contributed by atoms with E-state index in [2.05, 4.69) is 10.4 Å². The largest absolute Gasteiger partial charge is 0.317 e. The number of hydrogen-bond donors (Lipinski definition) is 1. The first kappa shape index (κ1) is 12.3. The molecule has 1 unspecified atom stereocenters. The fraction of sp³-hybridized carbons (Fsp3) is 0.455. The lowest BCUT2D eigenvalue weighted by molar-refractivity contribution is -0.138. The van der Waals surface area contributed by atoms with Crippen molar-refractivity contribution >= 4 is 17.7 Å². The van der Waals surface area contributed by atoms with Crippen molar-refractivity contribution in [2.24, 2.45) is 7.05 Å². The Bertz CT molecular complexity index is 534. The van der Waals surface area contributed by atoms with Gasteiger partial charge in [0.1, 0.15) is 12.6 Å². The molecular formula is C11H14N4O3. The summed E-state index contributed by atoms with van der Waals surface area (Å²) in [7, 11) is 1.73. The van der Waals surface area contributed by atoms with E-state index in [4.69, 9.17) is 0 Å². The third-order valence-electron chi connectivity index (χ3n) is 3.15. The Labute approximate surface area is 104 Å². The molecule has 0 spiro atoms. The molecule has 96 valence electrons. The summed E-state index contributed by atoms with van der Waals surface area (Å²) in [5, 5.41) is 6.17. The van der Waals surface area contributed by atoms with E-state index in [9.17, 15) is 14.4 Å². The van der Waals surface area contributed by atoms with E-state index >= 15 is 0 Å². The summed E-state index contributed by atoms with van der Waals surface area (Å²) in [5.41, 5.74) is 1.11. The molecule has 0 saturated carbocycles. The van der Waals surface area contributed by atoms with Gasteiger partial charge in [0.25, 0.3) is 5.91 Å². The Morgan fingerprint density at radius 1 is 1.50 bits per heavy atom. The monoisotopic (exact) mass is 250 g/mol. The first-order valence-electron chi connectivity index (χ1n) is 5.55. The minimum atomic E-state index is -0.658. The van der Waals surface area contributed by atoms with Crippen LogP contribution in [-0.2, 0) is 16.6 Å². The van der Waals surface area contributed by atoms with Crippen molar-refractivity contribution in [3.63, 3.8) is 0 Å². The van der Waals surface area contributed by atoms with E-state index in [0.29, 0.717) is 11.3 Å². The first-order valence-corrected chi connectivity index (χ1v) is 5.55. The number of carbonyl (C=O) groups is 3. The molecule has 1 atom stereocenters. The topological polar surface area (TPSA) is 84.3 Å². The Kier molecular flexibility index (Phi) is 2.90. The summed E-state index contributed by atoms with van der Waals surface area (Å²) in [6.45, 7) is 3.24. The Morgan fingerprint density at radius 2 is 2.17 bits per heavy atom. The van der Waals surface area contributed by atoms with Crippen LogP contribution in [0.5, 0.6) is 0 Å². The second kappa shape index (κ2) is 4.25. The van der Waals surface area contributed by atoms with E-state index in [0.717, 1.165) is 0 Å². The maximum absolute atomic E-state index is 12.3. The summed E-state index contributed by atoms with van der Waals surface area (Å²) >= 11 is 0. The smallest absolute Gasteiger partial charge is 0.258 e. The zero-order valence-electron chi connectivity index (χ0n) is 10.4. The normalized spacial score (nSPS) is 19.9. The molecule has 1 aromatic rings. The molecule has 0 bridgehead atoms. The Balaban J connectivity index is 2.30. The molecule has 2 heterocycles. The van der Waals surface area contributed by atoms with Crippen molar-refractivity contribution in [3.05, 3.63) is 17.5 Å². The number of carbonyl (C=O) groups excluding carboxylic acids is 3. The van der Waals surface area contributed by atoms with E-state index in [-0.39, 0.29) is 12.5 Å². The molecule has 1 fully saturated rings. The van der Waals surface area contributed by atoms with Crippen molar-refractivity contribution in [2.45, 2.75) is 19.9 Å². The highest BCUT2D eigenvalue weighted by Crippen LogP contribution is 2.14. The van der Waals surface area contributed by atoms with Crippen LogP contribution in [0.2, 0.25) is 0 Å². The molecule has 0 radical (unpaired) electrons. The van der Waals surface area contributed by atoms with Crippen LogP contribution in [0.15, 0.2) is 6.20 Å². The van der Waals surface area contributed by atoms with Crippen LogP contribution in [-0.4, -0.2) is 45.0 Å². The minimum Gasteiger partial charge on any atom is -0.317 e. The average Bonchev–Trinajstić information content (AvgIpc) is 2.64. The highest BCUT2D eigenvalue weighted by atomic mass is 16.2. The highest BCUT2D eigenvalue weighted by molar-refractivity contribution is 6.07. The molecular weight excluding hydrogens is 236 g/mol. The van der Waals surface area contributed by atoms with Gasteiger partial charge in [0.15, 0.2) is 0 Å². The number of piperazine rings is 1. The van der Waals surface area contributed by atoms with E-state index in [1.807, 2.05) is 0 Å². The maximum Gasteiger partial charge on any atom is 0.258 e. The predicted octanol–water partition coefficient (Wildman–Crippen LogP) is -0.784. The molecule has 3 amide bonds. The van der Waals surface area contributed by atoms with Gasteiger partial charge in [0, 0.05) is 12.7 Å². The molecule has 0 aromatic carbocycles. The zero-order chi connectivity index (χ0) is 13.4. The second-order valence-electron chi connectivity index (χ2n) is 4.29. The van der Waals surface area contributed by atoms with Gasteiger partial charge in [-0.2, -0.15) is 5.10 Å². The van der Waals surface area contributed by atoms with Crippen LogP contribution in [0, 0.1) is 6.92 Å². The van der Waals surface area contributed by atoms with Crippen molar-refractivity contribution < 1.29 is 14.4 Å². The number of aryl methyl sites for hydroxylation is 1. The molecule has 1 aliphatic rings. The Morgan fingerprint density at radius 3 is 2.72 bits per heavy atom. The standard InChI is InChI=1S/C11H14N4O3/c1-6-8(4-12-14(6)3)11(18)15-5-9(16)13-10(17)7(15)2/h4,7H,5H2,1-3H3,(H,13,16,17). The van der Waals surface area contributed by atoms with Gasteiger partial charge in [-0.25, -0.2) is 0 Å². The number of rotatable bonds is 1. The van der Waals surface area contributed by atoms with Crippen LogP contribution in [0.3, 0.4) is 0 Å². The maximum atomic E-state index is 12.3. The van der Waals surface area contributed by atoms with Crippen molar-refractivity contribution in [1.82, 2.24) is 20.0 Å². The SMILES string of the molecule is Cc1c(C(=O)N2CC(=O)NC(=O)C2C)cnn1C. The van der Waals surface area contributed by atoms with Crippen LogP contribution < -0.4 is 5.32 Å². The van der Waals surface area contributed by atoms with Gasteiger partial charge >= 0.3 is 0 Å². The number of nitrogens with one attached hydrogen (secondary N) is 1. The number of imide groups is 1. The fourth-order valence-corrected chi connectivity index (χ4v) is 1.83. The number of hydrogen-bond acceptors (Lipinski definition) is 4. The summed E-state index contributed by atoms with van der Waals surface area (Å²) < 4.78 is 1.57. The summed E-state index contributed by atoms with van der Waals surface area (Å²) in [6.07, 6.45) is 1.45. The van der Waals surface area contributed by atoms with Crippen LogP contribution in [0.1, 0.15) is 23.0 Å². The third-order valence-corrected chi connectivity index (χ3v) is 3.15. The lowest BCUT2D eigenvalue weighted by Crippen LogP contribution is -2.58. The van der Waals surface area contributed by atoms with Gasteiger partial charge in [-0.15, -0.1) is 0 Å². The minimum absolute atomic E-state index is 0.111. The number of nitrogens with zero attached hydrogens (tertiary/aromatic N) is 3. The van der Waals surface area contributed by atoms with Crippen LogP contribution >= 0.6 is 0 Å². The van der Waals surface area contributed by atoms with Gasteiger partial charge in [0.05, 0.1) is 11.8 Å². The van der Waals surface area contributed by atoms with E-state index in [1.165, 1.54) is 11.1 Å². The predicted molar refractivity (Wildman–Crippen MR) is 61.6 cm³/mol. The van der Waals surface area contributed by atoms with Gasteiger partial charge < -0.3 is 4.90 Å². The summed E-state index contributed by atoms with van der Waals surface area (Å²) in [4.78, 5) is 36.3. The highest BCUT2D eigenvalue weighted by Gasteiger charge is 2.34. The van der Waals surface area contributed by atoms with Gasteiger partial charge in [-0.05, 0) is 13.8 Å². The lowest BCUT2D eigenvalue weighted by atomic mass is 10.1. The zero-order valence-corrected chi connectivity index (χ0v) is 10.4. The van der Waals surface area contributed by atoms with E-state index in [1.54, 1.807) is 25.6 Å². The van der Waals surface area contributed by atoms with Gasteiger partial charge in [-0.1, -0.05) is 0 Å². The molecule has 1 aliphatic heterocycles. The molecule has 1 N–H and O–H groups in total. The van der Waals surface area contributed by atoms with E-state index < -0.39 is 17.9 Å². The first-order chi connectivity index (χ1) is 8.41. The summed E-state index contributed by atoms with van der Waals surface area (Å²) in [5.74, 6) is -1.27. The number of aromatic nitrogens is 2. The van der Waals surface area contributed by atoms with Gasteiger partial charge in [-0.3, -0.25) is 24.4 Å². The number of amides is 3. The fourth-order valence-electron chi connectivity index (χ4n) is 1.83.